The van der Waals surface area contributed by atoms with Crippen LogP contribution < -0.4 is 4.90 Å². The van der Waals surface area contributed by atoms with Gasteiger partial charge in [-0.25, -0.2) is 0 Å². The van der Waals surface area contributed by atoms with Gasteiger partial charge in [-0.1, -0.05) is 243 Å². The smallest absolute Gasteiger partial charge is 0.0547 e. The number of rotatable bonds is 11. The third-order valence-electron chi connectivity index (χ3n) is 14.5. The van der Waals surface area contributed by atoms with Crippen molar-refractivity contribution in [2.45, 2.75) is 0 Å². The van der Waals surface area contributed by atoms with E-state index in [4.69, 9.17) is 0 Å². The first-order chi connectivity index (χ1) is 36.7. The number of hydrogen-bond acceptors (Lipinski definition) is 1. The van der Waals surface area contributed by atoms with Crippen LogP contribution in [0.1, 0.15) is 0 Å². The van der Waals surface area contributed by atoms with Gasteiger partial charge in [-0.05, 0) is 133 Å². The number of nitrogens with zero attached hydrogens (tertiary/aromatic N) is 2. The molecule has 0 saturated carbocycles. The Bertz CT molecular complexity index is 3920. The summed E-state index contributed by atoms with van der Waals surface area (Å²) in [5, 5.41) is 2.47. The molecule has 0 amide bonds. The fourth-order valence-electron chi connectivity index (χ4n) is 10.7. The van der Waals surface area contributed by atoms with Gasteiger partial charge in [0.25, 0.3) is 0 Å². The largest absolute Gasteiger partial charge is 0.310 e. The van der Waals surface area contributed by atoms with Crippen LogP contribution in [0.25, 0.3) is 105 Å². The summed E-state index contributed by atoms with van der Waals surface area (Å²) in [6.45, 7) is 0. The van der Waals surface area contributed by atoms with Gasteiger partial charge in [-0.15, -0.1) is 0 Å². The highest BCUT2D eigenvalue weighted by Crippen LogP contribution is 2.44. The molecule has 0 N–H and O–H groups in total. The predicted molar refractivity (Wildman–Crippen MR) is 314 cm³/mol. The van der Waals surface area contributed by atoms with Gasteiger partial charge < -0.3 is 9.47 Å². The SMILES string of the molecule is c1ccc(-c2ccc(-c3ccc(N(c4ccc(-c5ccc(-c6ccccc6)cc5)cc4)c4ccccc4-c4cccc(-c5cccc6c5c5ccccc5n6-c5ccc(-c6ccccc6)cc5)c4)cc3)cc2)cc1. The van der Waals surface area contributed by atoms with Crippen LogP contribution in [0.4, 0.5) is 17.1 Å². The monoisotopic (exact) mass is 942 g/mol. The quantitative estimate of drug-likeness (QED) is 0.125. The van der Waals surface area contributed by atoms with Gasteiger partial charge in [0.05, 0.1) is 16.7 Å². The molecule has 348 valence electrons. The summed E-state index contributed by atoms with van der Waals surface area (Å²) in [6.07, 6.45) is 0. The van der Waals surface area contributed by atoms with Gasteiger partial charge in [-0.3, -0.25) is 0 Å². The molecule has 0 bridgehead atoms. The van der Waals surface area contributed by atoms with Crippen LogP contribution >= 0.6 is 0 Å². The normalized spacial score (nSPS) is 11.2. The first-order valence-electron chi connectivity index (χ1n) is 25.4. The number of benzene rings is 12. The molecule has 74 heavy (non-hydrogen) atoms. The summed E-state index contributed by atoms with van der Waals surface area (Å²) in [6, 6.07) is 110. The van der Waals surface area contributed by atoms with Crippen LogP contribution in [0, 0.1) is 0 Å². The average molecular weight is 943 g/mol. The van der Waals surface area contributed by atoms with E-state index in [0.29, 0.717) is 0 Å². The fourth-order valence-corrected chi connectivity index (χ4v) is 10.7. The van der Waals surface area contributed by atoms with Gasteiger partial charge in [0, 0.05) is 33.4 Å². The fraction of sp³-hybridized carbons (Fsp3) is 0. The Morgan fingerprint density at radius 2 is 0.568 bits per heavy atom. The molecule has 1 heterocycles. The van der Waals surface area contributed by atoms with Crippen molar-refractivity contribution in [1.29, 1.82) is 0 Å². The van der Waals surface area contributed by atoms with Crippen LogP contribution in [-0.4, -0.2) is 4.57 Å². The third kappa shape index (κ3) is 8.45. The van der Waals surface area contributed by atoms with Crippen molar-refractivity contribution in [3.63, 3.8) is 0 Å². The standard InChI is InChI=1S/C72H50N2/c1-4-16-51(17-5-1)54-30-34-56(35-31-54)59-38-44-63(45-39-59)73(64-46-40-60(41-47-64)57-36-32-55(33-37-57)52-18-6-2-7-19-52)69-27-12-10-24-66(69)61-22-14-23-62(50-61)67-26-15-29-71-72(67)68-25-11-13-28-70(68)74(71)65-48-42-58(43-49-65)53-20-8-3-9-21-53/h1-50H. The van der Waals surface area contributed by atoms with Crippen LogP contribution in [0.15, 0.2) is 303 Å². The van der Waals surface area contributed by atoms with Crippen molar-refractivity contribution >= 4 is 38.9 Å². The van der Waals surface area contributed by atoms with E-state index in [1.807, 2.05) is 0 Å². The van der Waals surface area contributed by atoms with Crippen molar-refractivity contribution in [3.8, 4) is 83.6 Å². The van der Waals surface area contributed by atoms with Gasteiger partial charge in [0.1, 0.15) is 0 Å². The molecular weight excluding hydrogens is 893 g/mol. The van der Waals surface area contributed by atoms with Crippen LogP contribution in [0.3, 0.4) is 0 Å². The van der Waals surface area contributed by atoms with Crippen molar-refractivity contribution in [1.82, 2.24) is 4.57 Å². The molecular formula is C72H50N2. The Labute approximate surface area is 433 Å². The molecule has 0 radical (unpaired) electrons. The summed E-state index contributed by atoms with van der Waals surface area (Å²) in [5.41, 5.74) is 23.4. The van der Waals surface area contributed by atoms with E-state index in [-0.39, 0.29) is 0 Å². The Kier molecular flexibility index (Phi) is 11.6. The highest BCUT2D eigenvalue weighted by molar-refractivity contribution is 6.16. The van der Waals surface area contributed by atoms with Gasteiger partial charge in [-0.2, -0.15) is 0 Å². The number of para-hydroxylation sites is 2. The Morgan fingerprint density at radius 3 is 1.07 bits per heavy atom. The highest BCUT2D eigenvalue weighted by Gasteiger charge is 2.20. The lowest BCUT2D eigenvalue weighted by atomic mass is 9.94. The van der Waals surface area contributed by atoms with Crippen LogP contribution in [0.2, 0.25) is 0 Å². The minimum atomic E-state index is 1.08. The predicted octanol–water partition coefficient (Wildman–Crippen LogP) is 19.9. The van der Waals surface area contributed by atoms with Crippen molar-refractivity contribution in [2.24, 2.45) is 0 Å². The second-order valence-corrected chi connectivity index (χ2v) is 18.9. The summed E-state index contributed by atoms with van der Waals surface area (Å²) < 4.78 is 2.41. The third-order valence-corrected chi connectivity index (χ3v) is 14.5. The molecule has 0 aliphatic rings. The van der Waals surface area contributed by atoms with E-state index in [2.05, 4.69) is 313 Å². The van der Waals surface area contributed by atoms with E-state index in [0.717, 1.165) is 33.9 Å². The first-order valence-corrected chi connectivity index (χ1v) is 25.4. The molecule has 0 spiro atoms. The number of anilines is 3. The van der Waals surface area contributed by atoms with Crippen molar-refractivity contribution < 1.29 is 0 Å². The minimum Gasteiger partial charge on any atom is -0.310 e. The molecule has 0 saturated heterocycles. The molecule has 0 unspecified atom stereocenters. The van der Waals surface area contributed by atoms with E-state index < -0.39 is 0 Å². The lowest BCUT2D eigenvalue weighted by Crippen LogP contribution is -2.11. The number of hydrogen-bond donors (Lipinski definition) is 0. The van der Waals surface area contributed by atoms with Crippen molar-refractivity contribution in [2.75, 3.05) is 4.90 Å². The molecule has 2 nitrogen and oxygen atoms in total. The topological polar surface area (TPSA) is 8.17 Å². The summed E-state index contributed by atoms with van der Waals surface area (Å²) in [7, 11) is 0. The maximum Gasteiger partial charge on any atom is 0.0547 e. The molecule has 12 aromatic carbocycles. The highest BCUT2D eigenvalue weighted by atomic mass is 15.1. The van der Waals surface area contributed by atoms with Crippen LogP contribution in [0.5, 0.6) is 0 Å². The number of aromatic nitrogens is 1. The molecule has 0 fully saturated rings. The molecule has 1 aromatic heterocycles. The van der Waals surface area contributed by atoms with Gasteiger partial charge in [0.2, 0.25) is 0 Å². The molecule has 13 rings (SSSR count). The zero-order chi connectivity index (χ0) is 49.2. The summed E-state index contributed by atoms with van der Waals surface area (Å²) >= 11 is 0. The Balaban J connectivity index is 0.888. The zero-order valence-corrected chi connectivity index (χ0v) is 40.8. The first kappa shape index (κ1) is 44.2. The second kappa shape index (κ2) is 19.4. The Hall–Kier alpha value is -9.76. The van der Waals surface area contributed by atoms with Crippen LogP contribution in [-0.2, 0) is 0 Å². The Morgan fingerprint density at radius 1 is 0.230 bits per heavy atom. The summed E-state index contributed by atoms with van der Waals surface area (Å²) in [4.78, 5) is 2.41. The van der Waals surface area contributed by atoms with E-state index in [9.17, 15) is 0 Å². The van der Waals surface area contributed by atoms with E-state index in [1.54, 1.807) is 0 Å². The molecule has 13 aromatic rings. The maximum absolute atomic E-state index is 2.41. The van der Waals surface area contributed by atoms with Crippen molar-refractivity contribution in [3.05, 3.63) is 303 Å². The van der Waals surface area contributed by atoms with Gasteiger partial charge in [0.15, 0.2) is 0 Å². The molecule has 0 aliphatic carbocycles. The lowest BCUT2D eigenvalue weighted by Gasteiger charge is -2.28. The average Bonchev–Trinajstić information content (AvgIpc) is 3.85. The summed E-state index contributed by atoms with van der Waals surface area (Å²) in [5.74, 6) is 0. The second-order valence-electron chi connectivity index (χ2n) is 18.9. The van der Waals surface area contributed by atoms with Gasteiger partial charge >= 0.3 is 0 Å². The van der Waals surface area contributed by atoms with E-state index in [1.165, 1.54) is 88.6 Å². The van der Waals surface area contributed by atoms with E-state index >= 15 is 0 Å². The zero-order valence-electron chi connectivity index (χ0n) is 40.8. The number of fused-ring (bicyclic) bond motifs is 3. The minimum absolute atomic E-state index is 1.08. The molecule has 0 atom stereocenters. The maximum atomic E-state index is 2.41. The molecule has 2 heteroatoms. The molecule has 0 aliphatic heterocycles. The lowest BCUT2D eigenvalue weighted by molar-refractivity contribution is 1.18.